The van der Waals surface area contributed by atoms with E-state index < -0.39 is 11.7 Å². The zero-order chi connectivity index (χ0) is 8.48. The standard InChI is InChI=1S/C6H2BrF3N.ClH.Mg/c7-5-3-11-2-1-4(5)6(8,9)10;;/h1,3H;1H;/q-1;;+2/p-1. The van der Waals surface area contributed by atoms with Crippen molar-refractivity contribution in [2.24, 2.45) is 0 Å². The van der Waals surface area contributed by atoms with E-state index in [4.69, 9.17) is 0 Å². The minimum Gasteiger partial charge on any atom is -1.00 e. The van der Waals surface area contributed by atoms with Crippen LogP contribution in [0.5, 0.6) is 0 Å². The molecule has 68 valence electrons. The predicted molar refractivity (Wildman–Crippen MR) is 41.5 cm³/mol. The number of pyridine rings is 1. The minimum absolute atomic E-state index is 0. The van der Waals surface area contributed by atoms with Crippen LogP contribution in [0.1, 0.15) is 5.56 Å². The smallest absolute Gasteiger partial charge is 1.00 e. The summed E-state index contributed by atoms with van der Waals surface area (Å²) in [5.41, 5.74) is -0.757. The van der Waals surface area contributed by atoms with Crippen LogP contribution in [-0.2, 0) is 6.18 Å². The molecule has 0 N–H and O–H groups in total. The zero-order valence-corrected chi connectivity index (χ0v) is 9.95. The molecule has 0 atom stereocenters. The van der Waals surface area contributed by atoms with Crippen LogP contribution < -0.4 is 12.4 Å². The van der Waals surface area contributed by atoms with E-state index in [9.17, 15) is 13.2 Å². The van der Waals surface area contributed by atoms with Crippen molar-refractivity contribution in [3.8, 4) is 0 Å². The Hall–Kier alpha value is 0.476. The number of halogens is 5. The van der Waals surface area contributed by atoms with Gasteiger partial charge in [-0.1, -0.05) is 32.8 Å². The van der Waals surface area contributed by atoms with Gasteiger partial charge in [0.25, 0.3) is 0 Å². The van der Waals surface area contributed by atoms with Gasteiger partial charge in [0, 0.05) is 0 Å². The molecule has 0 aromatic carbocycles. The molecule has 0 radical (unpaired) electrons. The SMILES string of the molecule is FC(F)(F)c1c[c-]ncc1Br.[Cl-].[Mg+2]. The zero-order valence-electron chi connectivity index (χ0n) is 6.20. The predicted octanol–water partition coefficient (Wildman–Crippen LogP) is -0.714. The summed E-state index contributed by atoms with van der Waals surface area (Å²) in [6, 6.07) is 0.796. The maximum atomic E-state index is 12.0. The summed E-state index contributed by atoms with van der Waals surface area (Å²) in [6.07, 6.45) is -1.17. The first-order valence-electron chi connectivity index (χ1n) is 2.60. The van der Waals surface area contributed by atoms with E-state index >= 15 is 0 Å². The maximum absolute atomic E-state index is 12.0. The van der Waals surface area contributed by atoms with Crippen LogP contribution in [0, 0.1) is 6.20 Å². The number of aromatic nitrogens is 1. The summed E-state index contributed by atoms with van der Waals surface area (Å²) in [4.78, 5) is 3.39. The first kappa shape index (κ1) is 15.9. The molecular weight excluding hydrogens is 283 g/mol. The third kappa shape index (κ3) is 4.48. The fourth-order valence-electron chi connectivity index (χ4n) is 0.551. The molecular formula is C6H2BrClF3MgN. The molecule has 7 heteroatoms. The average molecular weight is 285 g/mol. The monoisotopic (exact) mass is 283 g/mol. The first-order valence-corrected chi connectivity index (χ1v) is 3.40. The molecule has 0 amide bonds. The molecule has 0 saturated heterocycles. The van der Waals surface area contributed by atoms with Crippen LogP contribution in [-0.4, -0.2) is 28.0 Å². The van der Waals surface area contributed by atoms with Gasteiger partial charge in [-0.3, -0.25) is 0 Å². The largest absolute Gasteiger partial charge is 2.00 e. The van der Waals surface area contributed by atoms with Crippen molar-refractivity contribution in [1.29, 1.82) is 0 Å². The molecule has 1 aromatic rings. The van der Waals surface area contributed by atoms with Crippen LogP contribution in [0.25, 0.3) is 0 Å². The van der Waals surface area contributed by atoms with Crippen molar-refractivity contribution in [3.05, 3.63) is 28.5 Å². The van der Waals surface area contributed by atoms with Gasteiger partial charge >= 0.3 is 29.2 Å². The Morgan fingerprint density at radius 1 is 1.38 bits per heavy atom. The molecule has 0 aliphatic rings. The van der Waals surface area contributed by atoms with E-state index in [0.717, 1.165) is 12.3 Å². The molecule has 0 spiro atoms. The quantitative estimate of drug-likeness (QED) is 0.453. The number of hydrogen-bond acceptors (Lipinski definition) is 1. The van der Waals surface area contributed by atoms with Gasteiger partial charge in [-0.25, -0.2) is 0 Å². The number of hydrogen-bond donors (Lipinski definition) is 0. The van der Waals surface area contributed by atoms with Crippen molar-refractivity contribution in [2.75, 3.05) is 0 Å². The molecule has 1 heterocycles. The fourth-order valence-corrected chi connectivity index (χ4v) is 0.993. The molecule has 0 unspecified atom stereocenters. The second-order valence-corrected chi connectivity index (χ2v) is 2.65. The molecule has 0 saturated carbocycles. The molecule has 13 heavy (non-hydrogen) atoms. The van der Waals surface area contributed by atoms with Gasteiger partial charge in [0.2, 0.25) is 0 Å². The first-order chi connectivity index (χ1) is 5.02. The summed E-state index contributed by atoms with van der Waals surface area (Å²) < 4.78 is 35.8. The number of nitrogens with zero attached hydrogens (tertiary/aromatic N) is 1. The van der Waals surface area contributed by atoms with Gasteiger partial charge < -0.3 is 17.4 Å². The van der Waals surface area contributed by atoms with Gasteiger partial charge in [0.1, 0.15) is 0 Å². The molecule has 0 aliphatic carbocycles. The van der Waals surface area contributed by atoms with Gasteiger partial charge in [-0.2, -0.15) is 13.2 Å². The Morgan fingerprint density at radius 3 is 2.23 bits per heavy atom. The van der Waals surface area contributed by atoms with E-state index in [1.165, 1.54) is 0 Å². The van der Waals surface area contributed by atoms with E-state index in [2.05, 4.69) is 27.1 Å². The minimum atomic E-state index is -4.34. The summed E-state index contributed by atoms with van der Waals surface area (Å²) in [7, 11) is 0. The molecule has 0 bridgehead atoms. The van der Waals surface area contributed by atoms with Crippen molar-refractivity contribution in [2.45, 2.75) is 6.18 Å². The molecule has 0 aliphatic heterocycles. The van der Waals surface area contributed by atoms with Crippen molar-refractivity contribution in [3.63, 3.8) is 0 Å². The van der Waals surface area contributed by atoms with Gasteiger partial charge in [-0.05, 0) is 5.56 Å². The van der Waals surface area contributed by atoms with Gasteiger partial charge in [0.15, 0.2) is 0 Å². The molecule has 1 rings (SSSR count). The summed E-state index contributed by atoms with van der Waals surface area (Å²) in [5, 5.41) is 0. The van der Waals surface area contributed by atoms with E-state index in [0.29, 0.717) is 0 Å². The Morgan fingerprint density at radius 2 is 1.92 bits per heavy atom. The third-order valence-electron chi connectivity index (χ3n) is 1.02. The van der Waals surface area contributed by atoms with Crippen LogP contribution in [0.15, 0.2) is 16.7 Å². The summed E-state index contributed by atoms with van der Waals surface area (Å²) >= 11 is 2.73. The van der Waals surface area contributed by atoms with Crippen molar-refractivity contribution >= 4 is 39.0 Å². The topological polar surface area (TPSA) is 12.9 Å². The summed E-state index contributed by atoms with van der Waals surface area (Å²) in [6.45, 7) is 0. The average Bonchev–Trinajstić information content (AvgIpc) is 1.86. The Kier molecular flexibility index (Phi) is 7.42. The van der Waals surface area contributed by atoms with Crippen LogP contribution in [0.2, 0.25) is 0 Å². The third-order valence-corrected chi connectivity index (χ3v) is 1.66. The molecule has 1 aromatic heterocycles. The molecule has 0 fully saturated rings. The van der Waals surface area contributed by atoms with E-state index in [1.807, 2.05) is 0 Å². The van der Waals surface area contributed by atoms with Crippen molar-refractivity contribution in [1.82, 2.24) is 4.98 Å². The van der Waals surface area contributed by atoms with E-state index in [1.54, 1.807) is 0 Å². The second-order valence-electron chi connectivity index (χ2n) is 1.79. The van der Waals surface area contributed by atoms with Gasteiger partial charge in [0.05, 0.1) is 0 Å². The Labute approximate surface area is 104 Å². The number of alkyl halides is 3. The van der Waals surface area contributed by atoms with Crippen molar-refractivity contribution < 1.29 is 25.6 Å². The Balaban J connectivity index is 0. The number of rotatable bonds is 0. The van der Waals surface area contributed by atoms with Crippen LogP contribution >= 0.6 is 15.9 Å². The van der Waals surface area contributed by atoms with Gasteiger partial charge in [-0.15, -0.1) is 6.07 Å². The van der Waals surface area contributed by atoms with Crippen LogP contribution in [0.4, 0.5) is 13.2 Å². The summed E-state index contributed by atoms with van der Waals surface area (Å²) in [5.74, 6) is 0. The fraction of sp³-hybridized carbons (Fsp3) is 0.167. The molecule has 1 nitrogen and oxygen atoms in total. The van der Waals surface area contributed by atoms with Crippen LogP contribution in [0.3, 0.4) is 0 Å². The van der Waals surface area contributed by atoms with E-state index in [-0.39, 0.29) is 39.9 Å². The Bertz CT molecular complexity index is 268. The second kappa shape index (κ2) is 6.05. The normalized spacial score (nSPS) is 9.85. The maximum Gasteiger partial charge on any atom is 2.00 e.